The van der Waals surface area contributed by atoms with Crippen LogP contribution in [-0.2, 0) is 6.42 Å². The summed E-state index contributed by atoms with van der Waals surface area (Å²) in [6.07, 6.45) is 0.782. The lowest BCUT2D eigenvalue weighted by molar-refractivity contribution is 0.0954. The molecule has 4 heteroatoms. The van der Waals surface area contributed by atoms with Crippen LogP contribution in [0.3, 0.4) is 0 Å². The quantitative estimate of drug-likeness (QED) is 0.745. The molecule has 0 unspecified atom stereocenters. The maximum atomic E-state index is 12.2. The largest absolute Gasteiger partial charge is 0.497 e. The smallest absolute Gasteiger partial charge is 0.251 e. The molecule has 0 heterocycles. The van der Waals surface area contributed by atoms with E-state index in [2.05, 4.69) is 23.5 Å². The summed E-state index contributed by atoms with van der Waals surface area (Å²) in [4.78, 5) is 12.2. The van der Waals surface area contributed by atoms with Crippen LogP contribution in [0.15, 0.2) is 60.7 Å². The topological polar surface area (TPSA) is 47.6 Å². The highest BCUT2D eigenvalue weighted by atomic mass is 16.5. The van der Waals surface area contributed by atoms with Crippen LogP contribution < -0.4 is 14.8 Å². The number of ether oxygens (including phenoxy) is 2. The van der Waals surface area contributed by atoms with Gasteiger partial charge in [-0.15, -0.1) is 0 Å². The Balaban J connectivity index is 1.59. The van der Waals surface area contributed by atoms with Crippen LogP contribution in [0, 0.1) is 0 Å². The molecule has 0 bridgehead atoms. The van der Waals surface area contributed by atoms with E-state index in [1.165, 1.54) is 10.9 Å². The fraction of sp³-hybridized carbons (Fsp3) is 0.190. The third-order valence-electron chi connectivity index (χ3n) is 4.16. The van der Waals surface area contributed by atoms with Gasteiger partial charge in [-0.25, -0.2) is 0 Å². The summed E-state index contributed by atoms with van der Waals surface area (Å²) >= 11 is 0. The molecule has 0 saturated heterocycles. The van der Waals surface area contributed by atoms with E-state index >= 15 is 0 Å². The van der Waals surface area contributed by atoms with Crippen molar-refractivity contribution in [2.45, 2.75) is 6.42 Å². The average molecular weight is 335 g/mol. The number of carbonyl (C=O) groups excluding carboxylic acids is 1. The molecule has 0 aliphatic heterocycles. The van der Waals surface area contributed by atoms with Gasteiger partial charge < -0.3 is 14.8 Å². The third kappa shape index (κ3) is 4.10. The molecule has 3 aromatic rings. The Morgan fingerprint density at radius 2 is 1.48 bits per heavy atom. The van der Waals surface area contributed by atoms with Crippen molar-refractivity contribution in [3.63, 3.8) is 0 Å². The summed E-state index contributed by atoms with van der Waals surface area (Å²) in [6, 6.07) is 19.4. The minimum absolute atomic E-state index is 0.0758. The SMILES string of the molecule is COc1ccc(C(=O)NCCc2ccc3cc(OC)ccc3c2)cc1. The Kier molecular flexibility index (Phi) is 5.19. The van der Waals surface area contributed by atoms with Crippen molar-refractivity contribution >= 4 is 16.7 Å². The van der Waals surface area contributed by atoms with Crippen molar-refractivity contribution in [3.8, 4) is 11.5 Å². The van der Waals surface area contributed by atoms with Crippen molar-refractivity contribution in [1.82, 2.24) is 5.32 Å². The first-order chi connectivity index (χ1) is 12.2. The van der Waals surface area contributed by atoms with Crippen LogP contribution in [0.5, 0.6) is 11.5 Å². The van der Waals surface area contributed by atoms with Gasteiger partial charge in [-0.3, -0.25) is 4.79 Å². The Morgan fingerprint density at radius 3 is 2.20 bits per heavy atom. The van der Waals surface area contributed by atoms with Gasteiger partial charge in [-0.05, 0) is 59.2 Å². The van der Waals surface area contributed by atoms with Crippen LogP contribution in [-0.4, -0.2) is 26.7 Å². The van der Waals surface area contributed by atoms with Gasteiger partial charge in [0.2, 0.25) is 0 Å². The van der Waals surface area contributed by atoms with Crippen LogP contribution in [0.2, 0.25) is 0 Å². The zero-order valence-electron chi connectivity index (χ0n) is 14.4. The van der Waals surface area contributed by atoms with Crippen molar-refractivity contribution in [2.24, 2.45) is 0 Å². The van der Waals surface area contributed by atoms with Crippen molar-refractivity contribution < 1.29 is 14.3 Å². The number of benzene rings is 3. The minimum Gasteiger partial charge on any atom is -0.497 e. The van der Waals surface area contributed by atoms with Gasteiger partial charge in [0.25, 0.3) is 5.91 Å². The second kappa shape index (κ2) is 7.71. The molecule has 3 aromatic carbocycles. The Bertz CT molecular complexity index is 872. The first-order valence-corrected chi connectivity index (χ1v) is 8.18. The first-order valence-electron chi connectivity index (χ1n) is 8.18. The maximum absolute atomic E-state index is 12.2. The number of rotatable bonds is 6. The highest BCUT2D eigenvalue weighted by Crippen LogP contribution is 2.22. The highest BCUT2D eigenvalue weighted by molar-refractivity contribution is 5.94. The van der Waals surface area contributed by atoms with Gasteiger partial charge >= 0.3 is 0 Å². The van der Waals surface area contributed by atoms with E-state index < -0.39 is 0 Å². The monoisotopic (exact) mass is 335 g/mol. The van der Waals surface area contributed by atoms with E-state index in [9.17, 15) is 4.79 Å². The van der Waals surface area contributed by atoms with E-state index in [1.54, 1.807) is 38.5 Å². The summed E-state index contributed by atoms with van der Waals surface area (Å²) in [5, 5.41) is 5.26. The van der Waals surface area contributed by atoms with Gasteiger partial charge in [0.15, 0.2) is 0 Å². The van der Waals surface area contributed by atoms with E-state index in [0.29, 0.717) is 12.1 Å². The fourth-order valence-electron chi connectivity index (χ4n) is 2.72. The Morgan fingerprint density at radius 1 is 0.840 bits per heavy atom. The minimum atomic E-state index is -0.0758. The number of hydrogen-bond acceptors (Lipinski definition) is 3. The molecule has 0 spiro atoms. The fourth-order valence-corrected chi connectivity index (χ4v) is 2.72. The lowest BCUT2D eigenvalue weighted by Gasteiger charge is -2.08. The van der Waals surface area contributed by atoms with Crippen molar-refractivity contribution in [2.75, 3.05) is 20.8 Å². The molecule has 128 valence electrons. The lowest BCUT2D eigenvalue weighted by Crippen LogP contribution is -2.25. The van der Waals surface area contributed by atoms with E-state index in [1.807, 2.05) is 18.2 Å². The number of methoxy groups -OCH3 is 2. The normalized spacial score (nSPS) is 10.5. The van der Waals surface area contributed by atoms with Gasteiger partial charge in [-0.2, -0.15) is 0 Å². The number of carbonyl (C=O) groups is 1. The van der Waals surface area contributed by atoms with Crippen molar-refractivity contribution in [1.29, 1.82) is 0 Å². The molecular weight excluding hydrogens is 314 g/mol. The zero-order valence-corrected chi connectivity index (χ0v) is 14.4. The lowest BCUT2D eigenvalue weighted by atomic mass is 10.0. The molecule has 25 heavy (non-hydrogen) atoms. The summed E-state index contributed by atoms with van der Waals surface area (Å²) in [5.41, 5.74) is 1.82. The maximum Gasteiger partial charge on any atom is 0.251 e. The molecule has 1 N–H and O–H groups in total. The molecule has 0 atom stereocenters. The number of nitrogens with one attached hydrogen (secondary N) is 1. The summed E-state index contributed by atoms with van der Waals surface area (Å²) in [7, 11) is 3.27. The van der Waals surface area contributed by atoms with Gasteiger partial charge in [0.1, 0.15) is 11.5 Å². The van der Waals surface area contributed by atoms with Crippen LogP contribution in [0.25, 0.3) is 10.8 Å². The summed E-state index contributed by atoms with van der Waals surface area (Å²) in [6.45, 7) is 0.590. The first kappa shape index (κ1) is 16.8. The second-order valence-corrected chi connectivity index (χ2v) is 5.78. The molecule has 3 rings (SSSR count). The highest BCUT2D eigenvalue weighted by Gasteiger charge is 2.05. The Labute approximate surface area is 147 Å². The molecule has 0 aliphatic carbocycles. The molecule has 4 nitrogen and oxygen atoms in total. The standard InChI is InChI=1S/C21H21NO3/c1-24-19-8-5-16(6-9-19)21(23)22-12-11-15-3-4-18-14-20(25-2)10-7-17(18)13-15/h3-10,13-14H,11-12H2,1-2H3,(H,22,23). The van der Waals surface area contributed by atoms with Gasteiger partial charge in [0, 0.05) is 12.1 Å². The molecule has 0 fully saturated rings. The summed E-state index contributed by atoms with van der Waals surface area (Å²) in [5.74, 6) is 1.52. The van der Waals surface area contributed by atoms with Crippen LogP contribution in [0.1, 0.15) is 15.9 Å². The van der Waals surface area contributed by atoms with E-state index in [4.69, 9.17) is 9.47 Å². The predicted molar refractivity (Wildman–Crippen MR) is 99.5 cm³/mol. The number of amides is 1. The molecule has 0 aliphatic rings. The average Bonchev–Trinajstić information content (AvgIpc) is 2.67. The van der Waals surface area contributed by atoms with E-state index in [0.717, 1.165) is 23.3 Å². The number of hydrogen-bond donors (Lipinski definition) is 1. The van der Waals surface area contributed by atoms with Crippen LogP contribution in [0.4, 0.5) is 0 Å². The zero-order chi connectivity index (χ0) is 17.6. The molecule has 1 amide bonds. The van der Waals surface area contributed by atoms with Gasteiger partial charge in [0.05, 0.1) is 14.2 Å². The summed E-state index contributed by atoms with van der Waals surface area (Å²) < 4.78 is 10.3. The third-order valence-corrected chi connectivity index (χ3v) is 4.16. The van der Waals surface area contributed by atoms with Gasteiger partial charge in [-0.1, -0.05) is 24.3 Å². The van der Waals surface area contributed by atoms with Crippen LogP contribution >= 0.6 is 0 Å². The molecule has 0 radical (unpaired) electrons. The van der Waals surface area contributed by atoms with E-state index in [-0.39, 0.29) is 5.91 Å². The molecule has 0 saturated carbocycles. The second-order valence-electron chi connectivity index (χ2n) is 5.78. The molecular formula is C21H21NO3. The molecule has 0 aromatic heterocycles. The number of fused-ring (bicyclic) bond motifs is 1. The predicted octanol–water partition coefficient (Wildman–Crippen LogP) is 3.83. The Hall–Kier alpha value is -3.01. The van der Waals surface area contributed by atoms with Crippen molar-refractivity contribution in [3.05, 3.63) is 71.8 Å².